The smallest absolute Gasteiger partial charge is 0.338 e. The number of ether oxygens (including phenoxy) is 5. The van der Waals surface area contributed by atoms with Gasteiger partial charge in [0.15, 0.2) is 0 Å². The number of esters is 5. The minimum Gasteiger partial charge on any atom is -0.465 e. The van der Waals surface area contributed by atoms with Crippen molar-refractivity contribution in [2.75, 3.05) is 39.6 Å². The van der Waals surface area contributed by atoms with E-state index in [1.54, 1.807) is 41.5 Å². The maximum atomic E-state index is 12.9. The van der Waals surface area contributed by atoms with Crippen LogP contribution in [0.2, 0.25) is 0 Å². The van der Waals surface area contributed by atoms with Gasteiger partial charge in [-0.15, -0.1) is 0 Å². The molecule has 1 aromatic carbocycles. The van der Waals surface area contributed by atoms with Crippen LogP contribution < -0.4 is 0 Å². The summed E-state index contributed by atoms with van der Waals surface area (Å²) in [7, 11) is -4.84. The molecule has 0 aliphatic carbocycles. The molecule has 278 valence electrons. The van der Waals surface area contributed by atoms with Gasteiger partial charge in [-0.1, -0.05) is 54.9 Å². The van der Waals surface area contributed by atoms with Crippen molar-refractivity contribution in [3.63, 3.8) is 0 Å². The second-order valence-corrected chi connectivity index (χ2v) is 15.7. The summed E-state index contributed by atoms with van der Waals surface area (Å²) in [5.74, 6) is -3.31. The predicted molar refractivity (Wildman–Crippen MR) is 176 cm³/mol. The zero-order valence-corrected chi connectivity index (χ0v) is 30.4. The molecule has 0 spiro atoms. The Balaban J connectivity index is 2.71. The molecule has 49 heavy (non-hydrogen) atoms. The second-order valence-electron chi connectivity index (χ2n) is 14.3. The van der Waals surface area contributed by atoms with Crippen LogP contribution in [-0.4, -0.2) is 87.6 Å². The third kappa shape index (κ3) is 18.1. The highest BCUT2D eigenvalue weighted by Crippen LogP contribution is 2.23. The lowest BCUT2D eigenvalue weighted by Gasteiger charge is -2.24. The summed E-state index contributed by atoms with van der Waals surface area (Å²) in [4.78, 5) is 61.0. The van der Waals surface area contributed by atoms with E-state index in [9.17, 15) is 42.0 Å². The number of benzene rings is 1. The van der Waals surface area contributed by atoms with Crippen molar-refractivity contribution in [3.05, 3.63) is 29.3 Å². The maximum Gasteiger partial charge on any atom is 0.338 e. The molecule has 0 atom stereocenters. The number of aliphatic hydroxyl groups excluding tert-OH is 1. The number of carbonyl (C=O) groups excluding carboxylic acids is 5. The molecule has 0 bridgehead atoms. The molecule has 0 heterocycles. The Morgan fingerprint density at radius 1 is 0.592 bits per heavy atom. The third-order valence-electron chi connectivity index (χ3n) is 6.91. The lowest BCUT2D eigenvalue weighted by molar-refractivity contribution is -0.149. The minimum atomic E-state index is -4.84. The fourth-order valence-corrected chi connectivity index (χ4v) is 4.26. The number of carbonyl (C=O) groups is 5. The zero-order chi connectivity index (χ0) is 37.5. The first kappa shape index (κ1) is 43.5. The Morgan fingerprint density at radius 2 is 0.939 bits per heavy atom. The van der Waals surface area contributed by atoms with Crippen molar-refractivity contribution in [2.24, 2.45) is 16.2 Å². The summed E-state index contributed by atoms with van der Waals surface area (Å²) in [5.41, 5.74) is -2.86. The average molecular weight is 717 g/mol. The van der Waals surface area contributed by atoms with Crippen molar-refractivity contribution in [3.8, 4) is 0 Å². The molecule has 0 unspecified atom stereocenters. The third-order valence-corrected chi connectivity index (χ3v) is 7.74. The summed E-state index contributed by atoms with van der Waals surface area (Å²) in [5, 5.41) is 9.22. The molecule has 0 saturated carbocycles. The number of hydrogen-bond acceptors (Lipinski definition) is 13. The van der Waals surface area contributed by atoms with Crippen LogP contribution in [0.25, 0.3) is 0 Å². The molecule has 0 aliphatic rings. The van der Waals surface area contributed by atoms with Gasteiger partial charge in [0, 0.05) is 35.5 Å². The van der Waals surface area contributed by atoms with Gasteiger partial charge in [0.2, 0.25) is 0 Å². The topological polar surface area (TPSA) is 206 Å². The molecule has 0 saturated heterocycles. The first-order valence-electron chi connectivity index (χ1n) is 16.1. The molecule has 0 fully saturated rings. The van der Waals surface area contributed by atoms with Gasteiger partial charge >= 0.3 is 29.8 Å². The molecule has 0 aliphatic heterocycles. The van der Waals surface area contributed by atoms with E-state index in [2.05, 4.69) is 0 Å². The number of hydrogen-bond donors (Lipinski definition) is 2. The Hall–Kier alpha value is -3.56. The van der Waals surface area contributed by atoms with Crippen molar-refractivity contribution in [2.45, 2.75) is 98.3 Å². The van der Waals surface area contributed by atoms with E-state index in [4.69, 9.17) is 23.7 Å². The van der Waals surface area contributed by atoms with E-state index in [-0.39, 0.29) is 76.0 Å². The molecule has 15 heteroatoms. The standard InChI is InChI=1S/C34H52O14S/c1-8-9-12-27(36)45-20-33(4,5)22-47-30(39)24-15-25(17-26(16-24)49(41,42)43)31(40)48-23-34(6,7)21-46-29(38)14-11-10-13-28(37)44-19-32(2,3)18-35/h15-17,35H,8-14,18-23H2,1-7H3,(H,41,42,43). The molecule has 1 rings (SSSR count). The van der Waals surface area contributed by atoms with Crippen LogP contribution in [0.4, 0.5) is 0 Å². The van der Waals surface area contributed by atoms with E-state index in [0.717, 1.165) is 24.6 Å². The highest BCUT2D eigenvalue weighted by atomic mass is 32.2. The summed E-state index contributed by atoms with van der Waals surface area (Å²) in [6.07, 6.45) is 2.73. The van der Waals surface area contributed by atoms with Gasteiger partial charge in [0.05, 0.1) is 55.7 Å². The van der Waals surface area contributed by atoms with Gasteiger partial charge in [0.25, 0.3) is 10.1 Å². The molecule has 0 amide bonds. The maximum absolute atomic E-state index is 12.9. The summed E-state index contributed by atoms with van der Waals surface area (Å²) < 4.78 is 59.8. The summed E-state index contributed by atoms with van der Waals surface area (Å²) in [6, 6.07) is 2.77. The fourth-order valence-electron chi connectivity index (χ4n) is 3.71. The lowest BCUT2D eigenvalue weighted by atomic mass is 9.96. The van der Waals surface area contributed by atoms with Gasteiger partial charge in [-0.2, -0.15) is 8.42 Å². The SMILES string of the molecule is CCCCC(=O)OCC(C)(C)COC(=O)c1cc(C(=O)OCC(C)(C)COC(=O)CCCCC(=O)OCC(C)(C)CO)cc(S(=O)(=O)O)c1. The average Bonchev–Trinajstić information content (AvgIpc) is 3.03. The predicted octanol–water partition coefficient (Wildman–Crippen LogP) is 4.70. The Labute approximate surface area is 288 Å². The highest BCUT2D eigenvalue weighted by molar-refractivity contribution is 7.85. The van der Waals surface area contributed by atoms with E-state index in [0.29, 0.717) is 19.3 Å². The zero-order valence-electron chi connectivity index (χ0n) is 29.6. The van der Waals surface area contributed by atoms with Crippen LogP contribution in [-0.2, 0) is 48.2 Å². The van der Waals surface area contributed by atoms with Crippen LogP contribution >= 0.6 is 0 Å². The Kier molecular flexibility index (Phi) is 17.4. The van der Waals surface area contributed by atoms with Gasteiger partial charge in [-0.05, 0) is 37.5 Å². The lowest BCUT2D eigenvalue weighted by Crippen LogP contribution is -2.29. The van der Waals surface area contributed by atoms with Crippen molar-refractivity contribution in [1.82, 2.24) is 0 Å². The van der Waals surface area contributed by atoms with Crippen LogP contribution in [0.5, 0.6) is 0 Å². The monoisotopic (exact) mass is 716 g/mol. The molecule has 14 nitrogen and oxygen atoms in total. The quantitative estimate of drug-likeness (QED) is 0.0722. The van der Waals surface area contributed by atoms with Crippen molar-refractivity contribution >= 4 is 40.0 Å². The molecule has 0 radical (unpaired) electrons. The van der Waals surface area contributed by atoms with Gasteiger partial charge < -0.3 is 28.8 Å². The van der Waals surface area contributed by atoms with E-state index in [1.807, 2.05) is 6.92 Å². The number of unbranched alkanes of at least 4 members (excludes halogenated alkanes) is 2. The fraction of sp³-hybridized carbons (Fsp3) is 0.676. The largest absolute Gasteiger partial charge is 0.465 e. The number of aliphatic hydroxyl groups is 1. The Bertz CT molecular complexity index is 1400. The van der Waals surface area contributed by atoms with Gasteiger partial charge in [0.1, 0.15) is 0 Å². The van der Waals surface area contributed by atoms with Crippen molar-refractivity contribution in [1.29, 1.82) is 0 Å². The van der Waals surface area contributed by atoms with Crippen LogP contribution in [0.1, 0.15) is 114 Å². The molecule has 0 aromatic heterocycles. The Morgan fingerprint density at radius 3 is 1.29 bits per heavy atom. The number of rotatable bonds is 22. The first-order valence-corrected chi connectivity index (χ1v) is 17.6. The van der Waals surface area contributed by atoms with Gasteiger partial charge in [-0.3, -0.25) is 18.9 Å². The van der Waals surface area contributed by atoms with E-state index >= 15 is 0 Å². The van der Waals surface area contributed by atoms with Crippen LogP contribution in [0.15, 0.2) is 23.1 Å². The molecule has 1 aromatic rings. The van der Waals surface area contributed by atoms with Crippen molar-refractivity contribution < 1.29 is 65.7 Å². The highest BCUT2D eigenvalue weighted by Gasteiger charge is 2.27. The molecular weight excluding hydrogens is 664 g/mol. The van der Waals surface area contributed by atoms with E-state index in [1.165, 1.54) is 0 Å². The van der Waals surface area contributed by atoms with Crippen LogP contribution in [0.3, 0.4) is 0 Å². The minimum absolute atomic E-state index is 0.0293. The first-order chi connectivity index (χ1) is 22.6. The van der Waals surface area contributed by atoms with E-state index < -0.39 is 55.1 Å². The molecular formula is C34H52O14S. The van der Waals surface area contributed by atoms with Gasteiger partial charge in [-0.25, -0.2) is 9.59 Å². The summed E-state index contributed by atoms with van der Waals surface area (Å²) >= 11 is 0. The summed E-state index contributed by atoms with van der Waals surface area (Å²) in [6.45, 7) is 11.6. The molecule has 2 N–H and O–H groups in total. The normalized spacial score (nSPS) is 12.2. The van der Waals surface area contributed by atoms with Crippen LogP contribution in [0, 0.1) is 16.2 Å². The second kappa shape index (κ2) is 19.6.